The molecule has 1 aliphatic heterocycles. The Morgan fingerprint density at radius 2 is 1.83 bits per heavy atom. The van der Waals surface area contributed by atoms with E-state index in [1.807, 2.05) is 18.2 Å². The number of nitrogens with zero attached hydrogens (tertiary/aromatic N) is 1. The van der Waals surface area contributed by atoms with Crippen molar-refractivity contribution in [2.45, 2.75) is 22.6 Å². The van der Waals surface area contributed by atoms with E-state index in [2.05, 4.69) is 22.4 Å². The number of nitrogens with one attached hydrogen (secondary N) is 2. The molecule has 0 atom stereocenters. The molecule has 2 aromatic rings. The first kappa shape index (κ1) is 17.3. The van der Waals surface area contributed by atoms with Crippen molar-refractivity contribution < 1.29 is 13.4 Å². The lowest BCUT2D eigenvalue weighted by atomic mass is 10.4. The summed E-state index contributed by atoms with van der Waals surface area (Å²) in [5.41, 5.74) is 0. The van der Waals surface area contributed by atoms with Crippen LogP contribution in [0.1, 0.15) is 12.8 Å². The highest BCUT2D eigenvalue weighted by molar-refractivity contribution is 7.99. The van der Waals surface area contributed by atoms with Gasteiger partial charge in [-0.1, -0.05) is 18.2 Å². The fourth-order valence-corrected chi connectivity index (χ4v) is 4.90. The zero-order valence-corrected chi connectivity index (χ0v) is 15.1. The maximum atomic E-state index is 12.4. The molecule has 0 unspecified atom stereocenters. The maximum Gasteiger partial charge on any atom is 0.272 e. The number of pyridine rings is 1. The molecule has 0 aliphatic carbocycles. The Bertz CT molecular complexity index is 743. The van der Waals surface area contributed by atoms with E-state index in [1.165, 1.54) is 4.90 Å². The summed E-state index contributed by atoms with van der Waals surface area (Å²) >= 11 is 1.78. The summed E-state index contributed by atoms with van der Waals surface area (Å²) in [4.78, 5) is 4.61. The van der Waals surface area contributed by atoms with Crippen molar-refractivity contribution in [1.29, 1.82) is 0 Å². The Hall–Kier alpha value is -1.57. The number of thioether (sulfide) groups is 1. The summed E-state index contributed by atoms with van der Waals surface area (Å²) in [5, 5.41) is 3.28. The minimum absolute atomic E-state index is 0.327. The molecule has 5 nitrogen and oxygen atoms in total. The largest absolute Gasteiger partial charge is 0.274 e. The fraction of sp³-hybridized carbons (Fsp3) is 0.353. The van der Waals surface area contributed by atoms with Gasteiger partial charge in [0.15, 0.2) is 0 Å². The van der Waals surface area contributed by atoms with Crippen LogP contribution in [0.3, 0.4) is 0 Å². The van der Waals surface area contributed by atoms with Crippen LogP contribution < -0.4 is 10.3 Å². The predicted molar refractivity (Wildman–Crippen MR) is 96.6 cm³/mol. The molecular formula is C17H22N3O2S2+. The molecular weight excluding hydrogens is 342 g/mol. The number of aromatic amines is 1. The van der Waals surface area contributed by atoms with Crippen LogP contribution >= 0.6 is 11.8 Å². The quantitative estimate of drug-likeness (QED) is 0.606. The number of sulfonamides is 1. The topological polar surface area (TPSA) is 63.6 Å². The highest BCUT2D eigenvalue weighted by Gasteiger charge is 2.27. The Balaban J connectivity index is 1.51. The Morgan fingerprint density at radius 3 is 2.50 bits per heavy atom. The average molecular weight is 365 g/mol. The monoisotopic (exact) mass is 364 g/mol. The van der Waals surface area contributed by atoms with Gasteiger partial charge in [-0.2, -0.15) is 4.31 Å². The van der Waals surface area contributed by atoms with Crippen LogP contribution in [0.2, 0.25) is 0 Å². The fourth-order valence-electron chi connectivity index (χ4n) is 2.63. The summed E-state index contributed by atoms with van der Waals surface area (Å²) in [7, 11) is -3.35. The van der Waals surface area contributed by atoms with Gasteiger partial charge in [0.1, 0.15) is 11.1 Å². The highest BCUT2D eigenvalue weighted by atomic mass is 32.2. The first-order chi connectivity index (χ1) is 11.7. The van der Waals surface area contributed by atoms with E-state index in [0.717, 1.165) is 31.0 Å². The van der Waals surface area contributed by atoms with Gasteiger partial charge >= 0.3 is 0 Å². The van der Waals surface area contributed by atoms with Gasteiger partial charge in [0.05, 0.1) is 6.54 Å². The van der Waals surface area contributed by atoms with Gasteiger partial charge in [-0.3, -0.25) is 5.32 Å². The van der Waals surface area contributed by atoms with E-state index >= 15 is 0 Å². The molecule has 2 heterocycles. The van der Waals surface area contributed by atoms with Crippen molar-refractivity contribution in [3.05, 3.63) is 48.7 Å². The zero-order chi connectivity index (χ0) is 16.8. The Kier molecular flexibility index (Phi) is 5.76. The Morgan fingerprint density at radius 1 is 1.08 bits per heavy atom. The SMILES string of the molecule is O=S(=O)(c1ccc(NCCSc2ccccc2)[nH+]c1)N1CCCC1. The van der Waals surface area contributed by atoms with Crippen molar-refractivity contribution in [3.63, 3.8) is 0 Å². The average Bonchev–Trinajstić information content (AvgIpc) is 3.16. The molecule has 0 amide bonds. The number of rotatable bonds is 7. The van der Waals surface area contributed by atoms with Gasteiger partial charge in [0.2, 0.25) is 10.0 Å². The minimum Gasteiger partial charge on any atom is -0.274 e. The van der Waals surface area contributed by atoms with Crippen LogP contribution in [-0.2, 0) is 10.0 Å². The lowest BCUT2D eigenvalue weighted by molar-refractivity contribution is -0.364. The molecule has 24 heavy (non-hydrogen) atoms. The van der Waals surface area contributed by atoms with Crippen molar-refractivity contribution in [1.82, 2.24) is 4.31 Å². The van der Waals surface area contributed by atoms with Crippen LogP contribution in [0.15, 0.2) is 58.5 Å². The molecule has 2 N–H and O–H groups in total. The molecule has 0 bridgehead atoms. The van der Waals surface area contributed by atoms with E-state index in [9.17, 15) is 8.42 Å². The van der Waals surface area contributed by atoms with Gasteiger partial charge in [-0.15, -0.1) is 11.8 Å². The molecule has 1 fully saturated rings. The van der Waals surface area contributed by atoms with Crippen molar-refractivity contribution >= 4 is 27.6 Å². The van der Waals surface area contributed by atoms with E-state index in [0.29, 0.717) is 18.0 Å². The van der Waals surface area contributed by atoms with Crippen molar-refractivity contribution in [2.24, 2.45) is 0 Å². The van der Waals surface area contributed by atoms with Crippen molar-refractivity contribution in [3.8, 4) is 0 Å². The second-order valence-electron chi connectivity index (χ2n) is 5.64. The molecule has 0 spiro atoms. The van der Waals surface area contributed by atoms with Crippen LogP contribution in [0.25, 0.3) is 0 Å². The molecule has 1 saturated heterocycles. The molecule has 3 rings (SSSR count). The van der Waals surface area contributed by atoms with Crippen LogP contribution in [0.5, 0.6) is 0 Å². The predicted octanol–water partition coefficient (Wildman–Crippen LogP) is 2.49. The second kappa shape index (κ2) is 8.00. The number of hydrogen-bond acceptors (Lipinski definition) is 4. The second-order valence-corrected chi connectivity index (χ2v) is 8.74. The number of benzene rings is 1. The van der Waals surface area contributed by atoms with Gasteiger partial charge < -0.3 is 0 Å². The molecule has 1 aromatic heterocycles. The van der Waals surface area contributed by atoms with E-state index in [-0.39, 0.29) is 0 Å². The third-order valence-electron chi connectivity index (χ3n) is 3.92. The summed E-state index contributed by atoms with van der Waals surface area (Å²) < 4.78 is 26.4. The highest BCUT2D eigenvalue weighted by Crippen LogP contribution is 2.20. The standard InChI is InChI=1S/C17H21N3O2S2/c21-24(22,20-11-4-5-12-20)16-8-9-17(19-14-16)18-10-13-23-15-6-2-1-3-7-15/h1-3,6-9,14H,4-5,10-13H2,(H,18,19)/p+1. The molecule has 0 radical (unpaired) electrons. The first-order valence-electron chi connectivity index (χ1n) is 8.10. The molecule has 1 aromatic carbocycles. The van der Waals surface area contributed by atoms with Gasteiger partial charge in [0, 0.05) is 29.8 Å². The lowest BCUT2D eigenvalue weighted by Gasteiger charge is -2.14. The third kappa shape index (κ3) is 4.28. The molecule has 1 aliphatic rings. The van der Waals surface area contributed by atoms with Gasteiger partial charge in [-0.25, -0.2) is 13.4 Å². The van der Waals surface area contributed by atoms with Crippen LogP contribution in [0, 0.1) is 0 Å². The normalized spacial score (nSPS) is 15.5. The van der Waals surface area contributed by atoms with Gasteiger partial charge in [-0.05, 0) is 31.0 Å². The molecule has 0 saturated carbocycles. The lowest BCUT2D eigenvalue weighted by Crippen LogP contribution is -2.29. The number of H-pyrrole nitrogens is 1. The van der Waals surface area contributed by atoms with Crippen LogP contribution in [-0.4, -0.2) is 38.1 Å². The number of hydrogen-bond donors (Lipinski definition) is 1. The maximum absolute atomic E-state index is 12.4. The molecule has 128 valence electrons. The van der Waals surface area contributed by atoms with E-state index in [4.69, 9.17) is 0 Å². The summed E-state index contributed by atoms with van der Waals surface area (Å²) in [6.45, 7) is 2.05. The van der Waals surface area contributed by atoms with E-state index < -0.39 is 10.0 Å². The molecule has 7 heteroatoms. The summed E-state index contributed by atoms with van der Waals surface area (Å²) in [6, 6.07) is 13.7. The minimum atomic E-state index is -3.35. The number of anilines is 1. The summed E-state index contributed by atoms with van der Waals surface area (Å²) in [5.74, 6) is 1.76. The zero-order valence-electron chi connectivity index (χ0n) is 13.4. The Labute approximate surface area is 147 Å². The van der Waals surface area contributed by atoms with E-state index in [1.54, 1.807) is 34.4 Å². The van der Waals surface area contributed by atoms with Crippen LogP contribution in [0.4, 0.5) is 5.82 Å². The smallest absolute Gasteiger partial charge is 0.272 e. The summed E-state index contributed by atoms with van der Waals surface area (Å²) in [6.07, 6.45) is 3.46. The van der Waals surface area contributed by atoms with Gasteiger partial charge in [0.25, 0.3) is 5.82 Å². The van der Waals surface area contributed by atoms with Crippen molar-refractivity contribution in [2.75, 3.05) is 30.7 Å². The first-order valence-corrected chi connectivity index (χ1v) is 10.5. The third-order valence-corrected chi connectivity index (χ3v) is 6.82. The number of aromatic nitrogens is 1.